The molecule has 0 aromatic heterocycles. The van der Waals surface area contributed by atoms with Crippen molar-refractivity contribution in [3.63, 3.8) is 0 Å². The van der Waals surface area contributed by atoms with E-state index in [-0.39, 0.29) is 0 Å². The SMILES string of the molecule is CNCC1(CNC(=O)C2CCC2)CCC1. The lowest BCUT2D eigenvalue weighted by Crippen LogP contribution is -2.49. The molecule has 0 bridgehead atoms. The molecule has 0 unspecified atom stereocenters. The highest BCUT2D eigenvalue weighted by molar-refractivity contribution is 5.79. The molecule has 0 aromatic carbocycles. The Kier molecular flexibility index (Phi) is 3.29. The van der Waals surface area contributed by atoms with Crippen molar-refractivity contribution in [2.75, 3.05) is 20.1 Å². The normalized spacial score (nSPS) is 24.1. The van der Waals surface area contributed by atoms with Gasteiger partial charge >= 0.3 is 0 Å². The third kappa shape index (κ3) is 2.33. The van der Waals surface area contributed by atoms with Gasteiger partial charge in [0.1, 0.15) is 0 Å². The van der Waals surface area contributed by atoms with E-state index in [2.05, 4.69) is 10.6 Å². The van der Waals surface area contributed by atoms with Crippen molar-refractivity contribution < 1.29 is 4.79 Å². The summed E-state index contributed by atoms with van der Waals surface area (Å²) in [5.41, 5.74) is 0.369. The summed E-state index contributed by atoms with van der Waals surface area (Å²) in [5.74, 6) is 0.625. The van der Waals surface area contributed by atoms with Crippen LogP contribution in [-0.2, 0) is 4.79 Å². The van der Waals surface area contributed by atoms with E-state index < -0.39 is 0 Å². The van der Waals surface area contributed by atoms with E-state index in [1.807, 2.05) is 7.05 Å². The van der Waals surface area contributed by atoms with E-state index in [4.69, 9.17) is 0 Å². The Hall–Kier alpha value is -0.570. The first-order chi connectivity index (χ1) is 7.26. The molecule has 0 aromatic rings. The number of rotatable bonds is 5. The van der Waals surface area contributed by atoms with E-state index in [0.717, 1.165) is 25.9 Å². The van der Waals surface area contributed by atoms with Crippen LogP contribution in [0.1, 0.15) is 38.5 Å². The molecule has 2 aliphatic carbocycles. The van der Waals surface area contributed by atoms with Gasteiger partial charge in [0.2, 0.25) is 5.91 Å². The number of carbonyl (C=O) groups is 1. The Morgan fingerprint density at radius 2 is 2.00 bits per heavy atom. The van der Waals surface area contributed by atoms with Gasteiger partial charge in [0, 0.05) is 24.4 Å². The molecule has 86 valence electrons. The van der Waals surface area contributed by atoms with Crippen LogP contribution < -0.4 is 10.6 Å². The standard InChI is InChI=1S/C12H22N2O/c1-13-8-12(6-3-7-12)9-14-11(15)10-4-2-5-10/h10,13H,2-9H2,1H3,(H,14,15). The zero-order valence-corrected chi connectivity index (χ0v) is 9.64. The second-order valence-electron chi connectivity index (χ2n) is 5.23. The molecule has 0 spiro atoms. The minimum atomic E-state index is 0.295. The van der Waals surface area contributed by atoms with E-state index in [1.165, 1.54) is 25.7 Å². The van der Waals surface area contributed by atoms with Gasteiger partial charge in [-0.15, -0.1) is 0 Å². The highest BCUT2D eigenvalue weighted by atomic mass is 16.1. The van der Waals surface area contributed by atoms with Crippen molar-refractivity contribution in [2.45, 2.75) is 38.5 Å². The summed E-state index contributed by atoms with van der Waals surface area (Å²) < 4.78 is 0. The first-order valence-corrected chi connectivity index (χ1v) is 6.18. The van der Waals surface area contributed by atoms with Gasteiger partial charge in [0.15, 0.2) is 0 Å². The van der Waals surface area contributed by atoms with Crippen LogP contribution in [0.2, 0.25) is 0 Å². The van der Waals surface area contributed by atoms with Crippen molar-refractivity contribution in [3.05, 3.63) is 0 Å². The van der Waals surface area contributed by atoms with Crippen LogP contribution in [-0.4, -0.2) is 26.0 Å². The Morgan fingerprint density at radius 3 is 2.40 bits per heavy atom. The molecule has 0 heterocycles. The van der Waals surface area contributed by atoms with E-state index in [0.29, 0.717) is 17.2 Å². The second kappa shape index (κ2) is 4.52. The number of hydrogen-bond donors (Lipinski definition) is 2. The Morgan fingerprint density at radius 1 is 1.27 bits per heavy atom. The maximum absolute atomic E-state index is 11.7. The summed E-state index contributed by atoms with van der Waals surface area (Å²) in [6.07, 6.45) is 7.29. The minimum Gasteiger partial charge on any atom is -0.355 e. The summed E-state index contributed by atoms with van der Waals surface area (Å²) in [7, 11) is 1.99. The van der Waals surface area contributed by atoms with E-state index in [1.54, 1.807) is 0 Å². The fraction of sp³-hybridized carbons (Fsp3) is 0.917. The van der Waals surface area contributed by atoms with Crippen molar-refractivity contribution >= 4 is 5.91 Å². The van der Waals surface area contributed by atoms with E-state index in [9.17, 15) is 4.79 Å². The predicted octanol–water partition coefficient (Wildman–Crippen LogP) is 1.29. The van der Waals surface area contributed by atoms with Gasteiger partial charge in [-0.1, -0.05) is 12.8 Å². The van der Waals surface area contributed by atoms with Crippen LogP contribution >= 0.6 is 0 Å². The molecule has 0 saturated heterocycles. The maximum Gasteiger partial charge on any atom is 0.223 e. The Balaban J connectivity index is 1.73. The summed E-state index contributed by atoms with van der Waals surface area (Å²) >= 11 is 0. The van der Waals surface area contributed by atoms with E-state index >= 15 is 0 Å². The van der Waals surface area contributed by atoms with Crippen LogP contribution in [0.3, 0.4) is 0 Å². The van der Waals surface area contributed by atoms with Crippen LogP contribution in [0.5, 0.6) is 0 Å². The fourth-order valence-corrected chi connectivity index (χ4v) is 2.56. The first-order valence-electron chi connectivity index (χ1n) is 6.18. The van der Waals surface area contributed by atoms with Crippen LogP contribution in [0.4, 0.5) is 0 Å². The van der Waals surface area contributed by atoms with Gasteiger partial charge in [-0.3, -0.25) is 4.79 Å². The van der Waals surface area contributed by atoms with Gasteiger partial charge in [0.25, 0.3) is 0 Å². The van der Waals surface area contributed by atoms with Crippen LogP contribution in [0.25, 0.3) is 0 Å². The highest BCUT2D eigenvalue weighted by Crippen LogP contribution is 2.39. The molecule has 15 heavy (non-hydrogen) atoms. The van der Waals surface area contributed by atoms with Crippen molar-refractivity contribution in [1.29, 1.82) is 0 Å². The minimum absolute atomic E-state index is 0.295. The Labute approximate surface area is 92.0 Å². The van der Waals surface area contributed by atoms with Gasteiger partial charge in [-0.05, 0) is 32.7 Å². The molecule has 2 aliphatic rings. The lowest BCUT2D eigenvalue weighted by molar-refractivity contribution is -0.128. The zero-order valence-electron chi connectivity index (χ0n) is 9.64. The van der Waals surface area contributed by atoms with Gasteiger partial charge in [0.05, 0.1) is 0 Å². The molecular formula is C12H22N2O. The number of carbonyl (C=O) groups excluding carboxylic acids is 1. The van der Waals surface area contributed by atoms with Gasteiger partial charge < -0.3 is 10.6 Å². The summed E-state index contributed by atoms with van der Waals surface area (Å²) in [4.78, 5) is 11.7. The predicted molar refractivity (Wildman–Crippen MR) is 60.6 cm³/mol. The molecule has 3 heteroatoms. The van der Waals surface area contributed by atoms with Gasteiger partial charge in [-0.25, -0.2) is 0 Å². The topological polar surface area (TPSA) is 41.1 Å². The summed E-state index contributed by atoms with van der Waals surface area (Å²) in [5, 5.41) is 6.37. The summed E-state index contributed by atoms with van der Waals surface area (Å²) in [6.45, 7) is 1.92. The molecule has 0 atom stereocenters. The molecule has 0 aliphatic heterocycles. The fourth-order valence-electron chi connectivity index (χ4n) is 2.56. The largest absolute Gasteiger partial charge is 0.355 e. The van der Waals surface area contributed by atoms with Gasteiger partial charge in [-0.2, -0.15) is 0 Å². The number of amides is 1. The molecule has 0 radical (unpaired) electrons. The van der Waals surface area contributed by atoms with Crippen molar-refractivity contribution in [3.8, 4) is 0 Å². The average Bonchev–Trinajstić information content (AvgIpc) is 2.06. The molecule has 2 saturated carbocycles. The first kappa shape index (κ1) is 10.9. The zero-order chi connectivity index (χ0) is 10.7. The third-order valence-corrected chi connectivity index (χ3v) is 4.08. The maximum atomic E-state index is 11.7. The number of hydrogen-bond acceptors (Lipinski definition) is 2. The molecule has 2 rings (SSSR count). The highest BCUT2D eigenvalue weighted by Gasteiger charge is 2.37. The third-order valence-electron chi connectivity index (χ3n) is 4.08. The quantitative estimate of drug-likeness (QED) is 0.718. The lowest BCUT2D eigenvalue weighted by Gasteiger charge is -2.42. The molecule has 2 N–H and O–H groups in total. The van der Waals surface area contributed by atoms with Crippen molar-refractivity contribution in [1.82, 2.24) is 10.6 Å². The Bertz CT molecular complexity index is 232. The molecule has 3 nitrogen and oxygen atoms in total. The number of nitrogens with one attached hydrogen (secondary N) is 2. The monoisotopic (exact) mass is 210 g/mol. The smallest absolute Gasteiger partial charge is 0.223 e. The van der Waals surface area contributed by atoms with Crippen LogP contribution in [0, 0.1) is 11.3 Å². The summed E-state index contributed by atoms with van der Waals surface area (Å²) in [6, 6.07) is 0. The molecular weight excluding hydrogens is 188 g/mol. The average molecular weight is 210 g/mol. The van der Waals surface area contributed by atoms with Crippen LogP contribution in [0.15, 0.2) is 0 Å². The second-order valence-corrected chi connectivity index (χ2v) is 5.23. The molecule has 2 fully saturated rings. The lowest BCUT2D eigenvalue weighted by atomic mass is 9.68. The van der Waals surface area contributed by atoms with Crippen molar-refractivity contribution in [2.24, 2.45) is 11.3 Å². The molecule has 1 amide bonds.